The molecule has 3 N–H and O–H groups in total. The number of halogens is 1. The first-order valence-corrected chi connectivity index (χ1v) is 13.3. The lowest BCUT2D eigenvalue weighted by Crippen LogP contribution is -2.54. The highest BCUT2D eigenvalue weighted by atomic mass is 35.5. The second-order valence-corrected chi connectivity index (χ2v) is 10.7. The van der Waals surface area contributed by atoms with Gasteiger partial charge in [0.1, 0.15) is 11.0 Å². The third-order valence-electron chi connectivity index (χ3n) is 8.48. The number of benzene rings is 4. The van der Waals surface area contributed by atoms with Crippen molar-refractivity contribution in [2.75, 3.05) is 10.6 Å². The molecule has 4 atom stereocenters. The largest absolute Gasteiger partial charge is 0.325 e. The Bertz CT molecular complexity index is 1670. The van der Waals surface area contributed by atoms with Gasteiger partial charge in [0.05, 0.1) is 10.9 Å². The highest BCUT2D eigenvalue weighted by molar-refractivity contribution is 6.34. The van der Waals surface area contributed by atoms with Gasteiger partial charge < -0.3 is 10.6 Å². The highest BCUT2D eigenvalue weighted by Gasteiger charge is 2.75. The summed E-state index contributed by atoms with van der Waals surface area (Å²) in [5.74, 6) is -2.15. The molecule has 0 saturated carbocycles. The van der Waals surface area contributed by atoms with E-state index in [0.717, 1.165) is 5.56 Å². The van der Waals surface area contributed by atoms with Crippen LogP contribution in [0, 0.1) is 5.92 Å². The van der Waals surface area contributed by atoms with Crippen molar-refractivity contribution in [3.8, 4) is 0 Å². The monoisotopic (exact) mass is 533 g/mol. The number of ketones is 1. The predicted molar refractivity (Wildman–Crippen MR) is 150 cm³/mol. The van der Waals surface area contributed by atoms with Crippen LogP contribution in [-0.4, -0.2) is 23.6 Å². The third kappa shape index (κ3) is 3.16. The van der Waals surface area contributed by atoms with Crippen LogP contribution >= 0.6 is 11.6 Å². The van der Waals surface area contributed by atoms with Crippen molar-refractivity contribution in [2.24, 2.45) is 5.92 Å². The van der Waals surface area contributed by atoms with Crippen molar-refractivity contribution in [3.05, 3.63) is 130 Å². The van der Waals surface area contributed by atoms with Crippen molar-refractivity contribution < 1.29 is 14.4 Å². The summed E-state index contributed by atoms with van der Waals surface area (Å²) in [7, 11) is 0. The van der Waals surface area contributed by atoms with Crippen LogP contribution < -0.4 is 16.0 Å². The quantitative estimate of drug-likeness (QED) is 0.319. The molecule has 3 aliphatic heterocycles. The highest BCUT2D eigenvalue weighted by Crippen LogP contribution is 2.60. The molecule has 6 nitrogen and oxygen atoms in total. The molecule has 39 heavy (non-hydrogen) atoms. The van der Waals surface area contributed by atoms with E-state index in [1.165, 1.54) is 0 Å². The lowest BCUT2D eigenvalue weighted by atomic mass is 9.60. The Hall–Kier alpha value is -4.26. The minimum atomic E-state index is -1.50. The summed E-state index contributed by atoms with van der Waals surface area (Å²) in [4.78, 5) is 43.3. The van der Waals surface area contributed by atoms with Gasteiger partial charge in [-0.3, -0.25) is 19.7 Å². The van der Waals surface area contributed by atoms with E-state index < -0.39 is 22.9 Å². The van der Waals surface area contributed by atoms with Gasteiger partial charge in [-0.25, -0.2) is 0 Å². The summed E-state index contributed by atoms with van der Waals surface area (Å²) < 4.78 is 0. The normalized spacial score (nSPS) is 26.4. The van der Waals surface area contributed by atoms with Crippen LogP contribution in [0.2, 0.25) is 5.02 Å². The molecule has 192 valence electrons. The maximum Gasteiger partial charge on any atom is 0.250 e. The number of carbonyl (C=O) groups excluding carboxylic acids is 3. The van der Waals surface area contributed by atoms with Gasteiger partial charge in [-0.15, -0.1) is 0 Å². The fraction of sp³-hybridized carbons (Fsp3) is 0.156. The van der Waals surface area contributed by atoms with Gasteiger partial charge in [-0.1, -0.05) is 90.5 Å². The van der Waals surface area contributed by atoms with Crippen molar-refractivity contribution in [3.63, 3.8) is 0 Å². The topological polar surface area (TPSA) is 87.3 Å². The minimum Gasteiger partial charge on any atom is -0.325 e. The number of hydrogen-bond donors (Lipinski definition) is 3. The zero-order chi connectivity index (χ0) is 26.8. The number of amides is 2. The van der Waals surface area contributed by atoms with Crippen LogP contribution in [0.15, 0.2) is 103 Å². The molecule has 0 aliphatic carbocycles. The molecule has 0 aromatic heterocycles. The zero-order valence-corrected chi connectivity index (χ0v) is 21.5. The molecular formula is C32H24ClN3O3. The first-order valence-electron chi connectivity index (χ1n) is 12.9. The van der Waals surface area contributed by atoms with Gasteiger partial charge in [-0.2, -0.15) is 0 Å². The molecule has 7 heteroatoms. The standard InChI is InChI=1S/C32H24ClN3O3/c33-23-15-7-4-12-20(23)27(37)28-31(21-13-5-8-16-24(21)34-29(31)38)26(18-19-10-2-1-3-11-19)36-32(28)22-14-6-9-17-25(22)35-30(32)39/h1-17,26,28,36H,18H2,(H,34,38)(H,35,39)/t26-,28+,31+,32-/m1/s1. The number of nitrogens with one attached hydrogen (secondary N) is 3. The Labute approximate surface area is 230 Å². The Morgan fingerprint density at radius 3 is 2.05 bits per heavy atom. The van der Waals surface area contributed by atoms with Crippen molar-refractivity contribution in [1.82, 2.24) is 5.32 Å². The molecule has 3 aliphatic rings. The molecule has 2 amide bonds. The molecular weight excluding hydrogens is 510 g/mol. The Morgan fingerprint density at radius 1 is 0.718 bits per heavy atom. The van der Waals surface area contributed by atoms with E-state index >= 15 is 0 Å². The molecule has 2 spiro atoms. The molecule has 4 aromatic rings. The Morgan fingerprint density at radius 2 is 1.31 bits per heavy atom. The molecule has 0 bridgehead atoms. The molecule has 1 fully saturated rings. The molecule has 1 saturated heterocycles. The van der Waals surface area contributed by atoms with Crippen molar-refractivity contribution in [1.29, 1.82) is 0 Å². The fourth-order valence-corrected chi connectivity index (χ4v) is 7.17. The van der Waals surface area contributed by atoms with Crippen LogP contribution in [0.5, 0.6) is 0 Å². The number of carbonyl (C=O) groups is 3. The van der Waals surface area contributed by atoms with Crippen LogP contribution in [0.3, 0.4) is 0 Å². The Kier molecular flexibility index (Phi) is 5.27. The van der Waals surface area contributed by atoms with Crippen molar-refractivity contribution >= 4 is 40.6 Å². The fourth-order valence-electron chi connectivity index (χ4n) is 6.94. The van der Waals surface area contributed by atoms with Crippen LogP contribution in [0.4, 0.5) is 11.4 Å². The second kappa shape index (κ2) is 8.63. The summed E-state index contributed by atoms with van der Waals surface area (Å²) in [6, 6.07) is 30.8. The number of Topliss-reactive ketones (excluding diaryl/α,β-unsaturated/α-hetero) is 1. The van der Waals surface area contributed by atoms with Gasteiger partial charge in [0.2, 0.25) is 11.8 Å². The lowest BCUT2D eigenvalue weighted by Gasteiger charge is -2.36. The van der Waals surface area contributed by atoms with E-state index in [1.54, 1.807) is 24.3 Å². The first-order chi connectivity index (χ1) is 19.0. The molecule has 7 rings (SSSR count). The molecule has 0 radical (unpaired) electrons. The van der Waals surface area contributed by atoms with E-state index in [9.17, 15) is 14.4 Å². The van der Waals surface area contributed by atoms with Gasteiger partial charge in [0.15, 0.2) is 5.78 Å². The molecule has 4 aromatic carbocycles. The Balaban J connectivity index is 1.55. The van der Waals surface area contributed by atoms with Gasteiger partial charge in [0, 0.05) is 28.5 Å². The maximum atomic E-state index is 14.8. The van der Waals surface area contributed by atoms with Crippen molar-refractivity contribution in [2.45, 2.75) is 23.4 Å². The SMILES string of the molecule is O=C(c1ccccc1Cl)[C@H]1[C@@]2(C(=O)Nc3ccccc32)[C@@H](Cc2ccccc2)N[C@@]12C(=O)Nc1ccccc12. The minimum absolute atomic E-state index is 0.276. The number of rotatable bonds is 4. The van der Waals surface area contributed by atoms with E-state index in [2.05, 4.69) is 16.0 Å². The molecule has 0 unspecified atom stereocenters. The average molecular weight is 534 g/mol. The van der Waals surface area contributed by atoms with Gasteiger partial charge in [-0.05, 0) is 41.8 Å². The van der Waals surface area contributed by atoms with Gasteiger partial charge in [0.25, 0.3) is 0 Å². The number of para-hydroxylation sites is 2. The smallest absolute Gasteiger partial charge is 0.250 e. The van der Waals surface area contributed by atoms with E-state index in [4.69, 9.17) is 11.6 Å². The van der Waals surface area contributed by atoms with E-state index in [1.807, 2.05) is 78.9 Å². The molecule has 3 heterocycles. The third-order valence-corrected chi connectivity index (χ3v) is 8.81. The average Bonchev–Trinajstić information content (AvgIpc) is 3.53. The van der Waals surface area contributed by atoms with Crippen LogP contribution in [-0.2, 0) is 27.0 Å². The maximum absolute atomic E-state index is 14.8. The van der Waals surface area contributed by atoms with E-state index in [-0.39, 0.29) is 28.2 Å². The summed E-state index contributed by atoms with van der Waals surface area (Å²) in [6.07, 6.45) is 0.423. The summed E-state index contributed by atoms with van der Waals surface area (Å²) in [6.45, 7) is 0. The van der Waals surface area contributed by atoms with Gasteiger partial charge >= 0.3 is 0 Å². The van der Waals surface area contributed by atoms with Crippen LogP contribution in [0.25, 0.3) is 0 Å². The first kappa shape index (κ1) is 23.8. The summed E-state index contributed by atoms with van der Waals surface area (Å²) in [5, 5.41) is 9.92. The zero-order valence-electron chi connectivity index (χ0n) is 20.8. The summed E-state index contributed by atoms with van der Waals surface area (Å²) in [5.41, 5.74) is 0.977. The summed E-state index contributed by atoms with van der Waals surface area (Å²) >= 11 is 6.58. The predicted octanol–water partition coefficient (Wildman–Crippen LogP) is 5.09. The van der Waals surface area contributed by atoms with Crippen LogP contribution in [0.1, 0.15) is 27.0 Å². The number of anilines is 2. The second-order valence-electron chi connectivity index (χ2n) is 10.3. The number of fused-ring (bicyclic) bond motifs is 4. The number of hydrogen-bond acceptors (Lipinski definition) is 4. The lowest BCUT2D eigenvalue weighted by molar-refractivity contribution is -0.124. The van der Waals surface area contributed by atoms with E-state index in [0.29, 0.717) is 28.9 Å².